The summed E-state index contributed by atoms with van der Waals surface area (Å²) in [5.41, 5.74) is 0.00646. The van der Waals surface area contributed by atoms with Gasteiger partial charge in [0.05, 0.1) is 22.6 Å². The number of methoxy groups -OCH3 is 1. The van der Waals surface area contributed by atoms with Gasteiger partial charge in [-0.3, -0.25) is 4.98 Å². The fourth-order valence-corrected chi connectivity index (χ4v) is 1.74. The maximum Gasteiger partial charge on any atom is 0.573 e. The van der Waals surface area contributed by atoms with E-state index in [0.717, 1.165) is 6.20 Å². The topological polar surface area (TPSA) is 31.4 Å². The molecule has 0 saturated heterocycles. The van der Waals surface area contributed by atoms with Gasteiger partial charge in [0.25, 0.3) is 0 Å². The van der Waals surface area contributed by atoms with Crippen LogP contribution in [0.2, 0.25) is 0 Å². The van der Waals surface area contributed by atoms with Crippen LogP contribution in [0.1, 0.15) is 5.69 Å². The Labute approximate surface area is 102 Å². The van der Waals surface area contributed by atoms with E-state index in [1.165, 1.54) is 7.11 Å². The summed E-state index contributed by atoms with van der Waals surface area (Å²) in [5.74, 6) is -0.767. The van der Waals surface area contributed by atoms with E-state index in [1.54, 1.807) is 22.6 Å². The zero-order valence-corrected chi connectivity index (χ0v) is 10.1. The first-order chi connectivity index (χ1) is 7.39. The Morgan fingerprint density at radius 3 is 2.50 bits per heavy atom. The molecular weight excluding hydrogens is 345 g/mol. The number of hydrogen-bond acceptors (Lipinski definition) is 3. The fourth-order valence-electron chi connectivity index (χ4n) is 0.972. The molecule has 1 heterocycles. The number of hydrogen-bond donors (Lipinski definition) is 0. The Bertz CT molecular complexity index is 383. The molecule has 90 valence electrons. The lowest BCUT2D eigenvalue weighted by Crippen LogP contribution is -2.18. The summed E-state index contributed by atoms with van der Waals surface area (Å²) < 4.78 is 56.9. The molecule has 0 aliphatic carbocycles. The second-order valence-electron chi connectivity index (χ2n) is 2.60. The Balaban J connectivity index is 3.16. The molecule has 0 aromatic carbocycles. The van der Waals surface area contributed by atoms with Gasteiger partial charge in [0.1, 0.15) is 6.67 Å². The van der Waals surface area contributed by atoms with Gasteiger partial charge in [0.15, 0.2) is 11.5 Å². The monoisotopic (exact) mass is 351 g/mol. The SMILES string of the molecule is COc1c(OC(F)(F)F)cnc(CF)c1I. The highest BCUT2D eigenvalue weighted by Crippen LogP contribution is 2.36. The number of ether oxygens (including phenoxy) is 2. The summed E-state index contributed by atoms with van der Waals surface area (Å²) in [7, 11) is 1.17. The first kappa shape index (κ1) is 13.3. The third-order valence-electron chi connectivity index (χ3n) is 1.57. The lowest BCUT2D eigenvalue weighted by molar-refractivity contribution is -0.275. The lowest BCUT2D eigenvalue weighted by atomic mass is 10.3. The highest BCUT2D eigenvalue weighted by molar-refractivity contribution is 14.1. The van der Waals surface area contributed by atoms with Crippen LogP contribution in [0.25, 0.3) is 0 Å². The minimum atomic E-state index is -4.84. The third-order valence-corrected chi connectivity index (χ3v) is 2.68. The zero-order valence-electron chi connectivity index (χ0n) is 7.94. The molecule has 1 aromatic rings. The highest BCUT2D eigenvalue weighted by atomic mass is 127. The van der Waals surface area contributed by atoms with E-state index in [-0.39, 0.29) is 15.0 Å². The summed E-state index contributed by atoms with van der Waals surface area (Å²) in [4.78, 5) is 3.50. The Morgan fingerprint density at radius 1 is 1.44 bits per heavy atom. The second kappa shape index (κ2) is 5.02. The maximum absolute atomic E-state index is 12.4. The molecule has 0 aliphatic rings. The first-order valence-corrected chi connectivity index (χ1v) is 5.00. The van der Waals surface area contributed by atoms with Crippen LogP contribution < -0.4 is 9.47 Å². The van der Waals surface area contributed by atoms with Crippen molar-refractivity contribution < 1.29 is 27.0 Å². The first-order valence-electron chi connectivity index (χ1n) is 3.92. The van der Waals surface area contributed by atoms with Crippen molar-refractivity contribution in [2.45, 2.75) is 13.0 Å². The normalized spacial score (nSPS) is 11.4. The third kappa shape index (κ3) is 3.09. The molecule has 0 spiro atoms. The van der Waals surface area contributed by atoms with Gasteiger partial charge < -0.3 is 9.47 Å². The van der Waals surface area contributed by atoms with E-state index in [0.29, 0.717) is 0 Å². The molecule has 0 saturated carbocycles. The van der Waals surface area contributed by atoms with E-state index in [2.05, 4.69) is 9.72 Å². The molecule has 1 aromatic heterocycles. The largest absolute Gasteiger partial charge is 0.573 e. The van der Waals surface area contributed by atoms with Crippen LogP contribution in [0.5, 0.6) is 11.5 Å². The van der Waals surface area contributed by atoms with Crippen molar-refractivity contribution in [2.24, 2.45) is 0 Å². The van der Waals surface area contributed by atoms with Crippen molar-refractivity contribution in [3.63, 3.8) is 0 Å². The lowest BCUT2D eigenvalue weighted by Gasteiger charge is -2.14. The summed E-state index contributed by atoms with van der Waals surface area (Å²) in [5, 5.41) is 0. The molecule has 8 heteroatoms. The number of rotatable bonds is 3. The van der Waals surface area contributed by atoms with Crippen molar-refractivity contribution in [2.75, 3.05) is 7.11 Å². The molecule has 1 rings (SSSR count). The van der Waals surface area contributed by atoms with Crippen molar-refractivity contribution in [1.82, 2.24) is 4.98 Å². The molecule has 0 atom stereocenters. The molecule has 0 N–H and O–H groups in total. The number of aromatic nitrogens is 1. The summed E-state index contributed by atoms with van der Waals surface area (Å²) in [6.45, 7) is -0.888. The predicted molar refractivity (Wildman–Crippen MR) is 55.0 cm³/mol. The number of alkyl halides is 4. The highest BCUT2D eigenvalue weighted by Gasteiger charge is 2.33. The van der Waals surface area contributed by atoms with Crippen LogP contribution in [0, 0.1) is 3.57 Å². The average Bonchev–Trinajstić information content (AvgIpc) is 2.16. The average molecular weight is 351 g/mol. The van der Waals surface area contributed by atoms with E-state index >= 15 is 0 Å². The fraction of sp³-hybridized carbons (Fsp3) is 0.375. The van der Waals surface area contributed by atoms with Gasteiger partial charge in [-0.1, -0.05) is 0 Å². The smallest absolute Gasteiger partial charge is 0.492 e. The van der Waals surface area contributed by atoms with Gasteiger partial charge in [-0.25, -0.2) is 4.39 Å². The standard InChI is InChI=1S/C8H6F4INO2/c1-15-7-5(16-8(10,11)12)3-14-4(2-9)6(7)13/h3H,2H2,1H3. The van der Waals surface area contributed by atoms with Crippen molar-refractivity contribution in [3.8, 4) is 11.5 Å². The van der Waals surface area contributed by atoms with Crippen LogP contribution in [0.15, 0.2) is 6.20 Å². The van der Waals surface area contributed by atoms with Gasteiger partial charge in [-0.2, -0.15) is 0 Å². The number of pyridine rings is 1. The van der Waals surface area contributed by atoms with E-state index in [9.17, 15) is 17.6 Å². The summed E-state index contributed by atoms with van der Waals surface area (Å²) in [6, 6.07) is 0. The molecule has 0 fully saturated rings. The molecule has 16 heavy (non-hydrogen) atoms. The number of nitrogens with zero attached hydrogens (tertiary/aromatic N) is 1. The van der Waals surface area contributed by atoms with Gasteiger partial charge in [0.2, 0.25) is 0 Å². The minimum Gasteiger partial charge on any atom is -0.492 e. The van der Waals surface area contributed by atoms with Crippen LogP contribution >= 0.6 is 22.6 Å². The second-order valence-corrected chi connectivity index (χ2v) is 3.68. The summed E-state index contributed by atoms with van der Waals surface area (Å²) >= 11 is 1.64. The molecule has 0 aliphatic heterocycles. The van der Waals surface area contributed by atoms with Crippen molar-refractivity contribution in [1.29, 1.82) is 0 Å². The van der Waals surface area contributed by atoms with Gasteiger partial charge >= 0.3 is 6.36 Å². The van der Waals surface area contributed by atoms with E-state index < -0.39 is 18.8 Å². The van der Waals surface area contributed by atoms with Crippen LogP contribution in [-0.2, 0) is 6.67 Å². The molecular formula is C8H6F4INO2. The Kier molecular flexibility index (Phi) is 4.16. The summed E-state index contributed by atoms with van der Waals surface area (Å²) in [6.07, 6.45) is -4.06. The molecule has 0 unspecified atom stereocenters. The quantitative estimate of drug-likeness (QED) is 0.620. The van der Waals surface area contributed by atoms with Crippen molar-refractivity contribution >= 4 is 22.6 Å². The van der Waals surface area contributed by atoms with Gasteiger partial charge in [0, 0.05) is 0 Å². The minimum absolute atomic E-state index is 0.00646. The molecule has 0 radical (unpaired) electrons. The van der Waals surface area contributed by atoms with E-state index in [4.69, 9.17) is 4.74 Å². The van der Waals surface area contributed by atoms with Crippen LogP contribution in [0.3, 0.4) is 0 Å². The molecule has 0 bridgehead atoms. The maximum atomic E-state index is 12.4. The molecule has 0 amide bonds. The van der Waals surface area contributed by atoms with Crippen LogP contribution in [-0.4, -0.2) is 18.5 Å². The predicted octanol–water partition coefficient (Wildman–Crippen LogP) is 3.06. The van der Waals surface area contributed by atoms with Gasteiger partial charge in [-0.05, 0) is 22.6 Å². The van der Waals surface area contributed by atoms with Crippen LogP contribution in [0.4, 0.5) is 17.6 Å². The molecule has 3 nitrogen and oxygen atoms in total. The van der Waals surface area contributed by atoms with Crippen molar-refractivity contribution in [3.05, 3.63) is 15.5 Å². The van der Waals surface area contributed by atoms with Gasteiger partial charge in [-0.15, -0.1) is 13.2 Å². The zero-order chi connectivity index (χ0) is 12.3. The Morgan fingerprint density at radius 2 is 2.06 bits per heavy atom. The van der Waals surface area contributed by atoms with E-state index in [1.807, 2.05) is 0 Å². The Hall–Kier alpha value is -0.800. The number of halogens is 5.